The molecule has 0 atom stereocenters. The van der Waals surface area contributed by atoms with E-state index in [4.69, 9.17) is 5.26 Å². The van der Waals surface area contributed by atoms with Crippen molar-refractivity contribution in [3.8, 4) is 5.40 Å². The first-order valence-corrected chi connectivity index (χ1v) is 7.68. The SMILES string of the molecule is N#CSCS(=O)(=O)c1nc2ccccc2s1. The molecule has 0 bridgehead atoms. The number of nitrogens with zero attached hydrogens (tertiary/aromatic N) is 2. The molecule has 0 N–H and O–H groups in total. The fourth-order valence-electron chi connectivity index (χ4n) is 1.14. The van der Waals surface area contributed by atoms with Crippen LogP contribution >= 0.6 is 23.1 Å². The molecule has 0 saturated carbocycles. The summed E-state index contributed by atoms with van der Waals surface area (Å²) in [6.45, 7) is 0. The molecule has 0 aliphatic carbocycles. The summed E-state index contributed by atoms with van der Waals surface area (Å²) in [5, 5.41) is 9.84. The summed E-state index contributed by atoms with van der Waals surface area (Å²) in [5.74, 6) is 0. The molecule has 0 fully saturated rings. The third-order valence-corrected chi connectivity index (χ3v) is 6.13. The largest absolute Gasteiger partial charge is 0.225 e. The Morgan fingerprint density at radius 3 is 2.88 bits per heavy atom. The summed E-state index contributed by atoms with van der Waals surface area (Å²) in [7, 11) is -3.44. The van der Waals surface area contributed by atoms with Crippen LogP contribution in [0.4, 0.5) is 0 Å². The number of para-hydroxylation sites is 1. The predicted octanol–water partition coefficient (Wildman–Crippen LogP) is 2.24. The van der Waals surface area contributed by atoms with Crippen molar-refractivity contribution in [3.63, 3.8) is 0 Å². The van der Waals surface area contributed by atoms with Crippen molar-refractivity contribution in [2.45, 2.75) is 4.34 Å². The second-order valence-electron chi connectivity index (χ2n) is 2.92. The molecule has 1 aromatic carbocycles. The number of fused-ring (bicyclic) bond motifs is 1. The highest BCUT2D eigenvalue weighted by Gasteiger charge is 2.19. The highest BCUT2D eigenvalue weighted by Crippen LogP contribution is 2.26. The first-order chi connectivity index (χ1) is 7.63. The zero-order chi connectivity index (χ0) is 11.6. The Balaban J connectivity index is 2.45. The third-order valence-electron chi connectivity index (χ3n) is 1.82. The predicted molar refractivity (Wildman–Crippen MR) is 64.9 cm³/mol. The highest BCUT2D eigenvalue weighted by atomic mass is 32.3. The van der Waals surface area contributed by atoms with E-state index >= 15 is 0 Å². The van der Waals surface area contributed by atoms with Crippen molar-refractivity contribution in [3.05, 3.63) is 24.3 Å². The summed E-state index contributed by atoms with van der Waals surface area (Å²) in [6, 6.07) is 7.23. The minimum absolute atomic E-state index is 0.0800. The standard InChI is InChI=1S/C9H6N2O2S3/c10-5-14-6-16(12,13)9-11-7-3-1-2-4-8(7)15-9/h1-4H,6H2. The molecular formula is C9H6N2O2S3. The lowest BCUT2D eigenvalue weighted by molar-refractivity contribution is 0.600. The van der Waals surface area contributed by atoms with Gasteiger partial charge in [0.15, 0.2) is 0 Å². The van der Waals surface area contributed by atoms with E-state index in [9.17, 15) is 8.42 Å². The molecule has 2 aromatic rings. The maximum Gasteiger partial charge on any atom is 0.215 e. The van der Waals surface area contributed by atoms with Crippen molar-refractivity contribution in [1.29, 1.82) is 5.26 Å². The first kappa shape index (κ1) is 11.4. The maximum atomic E-state index is 11.7. The van der Waals surface area contributed by atoms with Gasteiger partial charge in [0.1, 0.15) is 10.5 Å². The Labute approximate surface area is 101 Å². The van der Waals surface area contributed by atoms with E-state index in [1.54, 1.807) is 11.5 Å². The van der Waals surface area contributed by atoms with E-state index in [1.807, 2.05) is 18.2 Å². The molecule has 2 rings (SSSR count). The molecule has 1 heterocycles. The van der Waals surface area contributed by atoms with Gasteiger partial charge in [-0.1, -0.05) is 12.1 Å². The van der Waals surface area contributed by atoms with Gasteiger partial charge in [-0.2, -0.15) is 5.26 Å². The van der Waals surface area contributed by atoms with E-state index in [0.717, 1.165) is 16.0 Å². The molecule has 1 aromatic heterocycles. The molecule has 0 radical (unpaired) electrons. The Morgan fingerprint density at radius 2 is 2.19 bits per heavy atom. The van der Waals surface area contributed by atoms with Gasteiger partial charge in [0.25, 0.3) is 0 Å². The van der Waals surface area contributed by atoms with E-state index in [2.05, 4.69) is 4.98 Å². The van der Waals surface area contributed by atoms with Crippen molar-refractivity contribution >= 4 is 43.2 Å². The number of thioether (sulfide) groups is 1. The van der Waals surface area contributed by atoms with Crippen LogP contribution in [0.25, 0.3) is 10.2 Å². The van der Waals surface area contributed by atoms with Gasteiger partial charge in [-0.15, -0.1) is 11.3 Å². The number of aromatic nitrogens is 1. The molecule has 0 unspecified atom stereocenters. The Hall–Kier alpha value is -1.10. The van der Waals surface area contributed by atoms with Crippen LogP contribution in [0.15, 0.2) is 28.6 Å². The third kappa shape index (κ3) is 2.19. The lowest BCUT2D eigenvalue weighted by Gasteiger charge is -1.93. The molecule has 4 nitrogen and oxygen atoms in total. The van der Waals surface area contributed by atoms with Gasteiger partial charge in [-0.05, 0) is 23.9 Å². The van der Waals surface area contributed by atoms with Crippen molar-refractivity contribution < 1.29 is 8.42 Å². The molecule has 0 spiro atoms. The first-order valence-electron chi connectivity index (χ1n) is 4.23. The van der Waals surface area contributed by atoms with Crippen LogP contribution in [0.2, 0.25) is 0 Å². The number of sulfone groups is 1. The number of nitriles is 1. The Kier molecular flexibility index (Phi) is 3.14. The summed E-state index contributed by atoms with van der Waals surface area (Å²) in [6.07, 6.45) is 0. The van der Waals surface area contributed by atoms with Gasteiger partial charge in [0.2, 0.25) is 14.2 Å². The van der Waals surface area contributed by atoms with Gasteiger partial charge in [0, 0.05) is 0 Å². The van der Waals surface area contributed by atoms with Crippen molar-refractivity contribution in [2.75, 3.05) is 5.08 Å². The van der Waals surface area contributed by atoms with Gasteiger partial charge >= 0.3 is 0 Å². The molecule has 0 aliphatic rings. The zero-order valence-electron chi connectivity index (χ0n) is 7.95. The minimum Gasteiger partial charge on any atom is -0.225 e. The number of rotatable bonds is 3. The number of hydrogen-bond donors (Lipinski definition) is 0. The van der Waals surface area contributed by atoms with E-state index < -0.39 is 9.84 Å². The second-order valence-corrected chi connectivity index (χ2v) is 7.24. The van der Waals surface area contributed by atoms with Crippen LogP contribution in [0.1, 0.15) is 0 Å². The highest BCUT2D eigenvalue weighted by molar-refractivity contribution is 8.15. The molecule has 7 heteroatoms. The average molecular weight is 270 g/mol. The fraction of sp³-hybridized carbons (Fsp3) is 0.111. The lowest BCUT2D eigenvalue weighted by Crippen LogP contribution is -2.02. The second kappa shape index (κ2) is 4.41. The summed E-state index contributed by atoms with van der Waals surface area (Å²) >= 11 is 1.84. The summed E-state index contributed by atoms with van der Waals surface area (Å²) in [5.41, 5.74) is 0.674. The monoisotopic (exact) mass is 270 g/mol. The number of thiocyanates is 1. The molecule has 82 valence electrons. The number of thiazole rings is 1. The van der Waals surface area contributed by atoms with Crippen LogP contribution in [-0.4, -0.2) is 18.5 Å². The summed E-state index contributed by atoms with van der Waals surface area (Å²) in [4.78, 5) is 4.05. The smallest absolute Gasteiger partial charge is 0.215 e. The van der Waals surface area contributed by atoms with Crippen molar-refractivity contribution in [2.24, 2.45) is 0 Å². The quantitative estimate of drug-likeness (QED) is 0.800. The van der Waals surface area contributed by atoms with E-state index in [1.165, 1.54) is 0 Å². The normalized spacial score (nSPS) is 11.4. The molecule has 0 aliphatic heterocycles. The van der Waals surface area contributed by atoms with E-state index in [0.29, 0.717) is 17.3 Å². The van der Waals surface area contributed by atoms with Gasteiger partial charge in [-0.25, -0.2) is 13.4 Å². The van der Waals surface area contributed by atoms with Crippen LogP contribution in [-0.2, 0) is 9.84 Å². The van der Waals surface area contributed by atoms with Gasteiger partial charge in [-0.3, -0.25) is 0 Å². The molecule has 16 heavy (non-hydrogen) atoms. The van der Waals surface area contributed by atoms with Crippen LogP contribution in [0.3, 0.4) is 0 Å². The molecular weight excluding hydrogens is 264 g/mol. The maximum absolute atomic E-state index is 11.7. The van der Waals surface area contributed by atoms with Crippen LogP contribution < -0.4 is 0 Å². The van der Waals surface area contributed by atoms with Gasteiger partial charge < -0.3 is 0 Å². The number of hydrogen-bond acceptors (Lipinski definition) is 6. The van der Waals surface area contributed by atoms with Crippen LogP contribution in [0.5, 0.6) is 0 Å². The molecule has 0 saturated heterocycles. The van der Waals surface area contributed by atoms with E-state index in [-0.39, 0.29) is 9.42 Å². The fourth-order valence-corrected chi connectivity index (χ4v) is 4.52. The van der Waals surface area contributed by atoms with Crippen LogP contribution in [0, 0.1) is 10.7 Å². The Bertz CT molecular complexity index is 622. The van der Waals surface area contributed by atoms with Gasteiger partial charge in [0.05, 0.1) is 10.2 Å². The average Bonchev–Trinajstić information content (AvgIpc) is 2.71. The number of benzene rings is 1. The zero-order valence-corrected chi connectivity index (χ0v) is 10.4. The minimum atomic E-state index is -3.44. The topological polar surface area (TPSA) is 70.8 Å². The molecule has 0 amide bonds. The van der Waals surface area contributed by atoms with Crippen molar-refractivity contribution in [1.82, 2.24) is 4.98 Å². The lowest BCUT2D eigenvalue weighted by atomic mass is 10.3. The Morgan fingerprint density at radius 1 is 1.44 bits per heavy atom. The summed E-state index contributed by atoms with van der Waals surface area (Å²) < 4.78 is 24.4.